The Morgan fingerprint density at radius 2 is 1.71 bits per heavy atom. The van der Waals surface area contributed by atoms with Gasteiger partial charge in [-0.1, -0.05) is 23.8 Å². The lowest BCUT2D eigenvalue weighted by Gasteiger charge is -2.25. The van der Waals surface area contributed by atoms with E-state index in [0.29, 0.717) is 16.5 Å². The highest BCUT2D eigenvalue weighted by Gasteiger charge is 2.43. The van der Waals surface area contributed by atoms with E-state index in [9.17, 15) is 17.2 Å². The summed E-state index contributed by atoms with van der Waals surface area (Å²) in [5, 5.41) is 0.553. The van der Waals surface area contributed by atoms with Crippen LogP contribution in [0.5, 0.6) is 11.5 Å². The van der Waals surface area contributed by atoms with Gasteiger partial charge >= 0.3 is 6.29 Å². The SMILES string of the molecule is Cc1ccc(S(=O)(=O)n2cc(-c3ccc4c(c3)OC(F)(F)O4)c3cc(-c4ccc(CN5CCOCC5)s4)cnc32)cc1. The molecule has 0 aliphatic carbocycles. The molecular formula is C30H25F2N3O5S2. The molecule has 1 fully saturated rings. The fourth-order valence-corrected chi connectivity index (χ4v) is 7.52. The molecule has 5 aromatic rings. The molecule has 2 aliphatic rings. The number of hydrogen-bond donors (Lipinski definition) is 0. The lowest BCUT2D eigenvalue weighted by atomic mass is 10.0. The normalized spacial score (nSPS) is 16.7. The molecule has 7 rings (SSSR count). The van der Waals surface area contributed by atoms with E-state index in [1.807, 2.05) is 19.1 Å². The van der Waals surface area contributed by atoms with E-state index < -0.39 is 16.3 Å². The van der Waals surface area contributed by atoms with Crippen molar-refractivity contribution in [3.8, 4) is 33.1 Å². The minimum absolute atomic E-state index is 0.0926. The monoisotopic (exact) mass is 609 g/mol. The van der Waals surface area contributed by atoms with Gasteiger partial charge in [-0.05, 0) is 55.0 Å². The van der Waals surface area contributed by atoms with E-state index in [1.165, 1.54) is 23.2 Å². The third kappa shape index (κ3) is 4.94. The van der Waals surface area contributed by atoms with Crippen LogP contribution in [0.2, 0.25) is 0 Å². The van der Waals surface area contributed by atoms with Crippen LogP contribution in [0.4, 0.5) is 8.78 Å². The van der Waals surface area contributed by atoms with Crippen LogP contribution in [-0.4, -0.2) is 54.9 Å². The van der Waals surface area contributed by atoms with Crippen molar-refractivity contribution in [1.82, 2.24) is 13.9 Å². The summed E-state index contributed by atoms with van der Waals surface area (Å²) in [7, 11) is -4.02. The fourth-order valence-electron chi connectivity index (χ4n) is 5.17. The number of fused-ring (bicyclic) bond motifs is 2. The molecule has 0 bridgehead atoms. The Morgan fingerprint density at radius 1 is 0.952 bits per heavy atom. The van der Waals surface area contributed by atoms with Gasteiger partial charge in [0, 0.05) is 58.3 Å². The number of aryl methyl sites for hydroxylation is 1. The van der Waals surface area contributed by atoms with Gasteiger partial charge in [0.15, 0.2) is 17.1 Å². The second-order valence-corrected chi connectivity index (χ2v) is 13.2. The van der Waals surface area contributed by atoms with Gasteiger partial charge in [-0.15, -0.1) is 20.1 Å². The number of alkyl halides is 2. The van der Waals surface area contributed by atoms with Gasteiger partial charge in [-0.25, -0.2) is 17.4 Å². The standard InChI is InChI=1S/C30H25F2N3O5S2/c1-19-2-6-23(7-3-19)42(36,37)35-18-25(20-4-8-26-27(15-20)40-30(31,32)39-26)24-14-21(16-33-29(24)35)28-9-5-22(41-28)17-34-10-12-38-13-11-34/h2-9,14-16,18H,10-13,17H2,1H3. The highest BCUT2D eigenvalue weighted by atomic mass is 32.2. The number of morpholine rings is 1. The molecule has 12 heteroatoms. The van der Waals surface area contributed by atoms with Gasteiger partial charge in [-0.3, -0.25) is 4.90 Å². The van der Waals surface area contributed by atoms with Crippen LogP contribution in [0.15, 0.2) is 78.0 Å². The Kier molecular flexibility index (Phi) is 6.54. The predicted molar refractivity (Wildman–Crippen MR) is 155 cm³/mol. The second-order valence-electron chi connectivity index (χ2n) is 10.2. The summed E-state index contributed by atoms with van der Waals surface area (Å²) in [5.74, 6) is -0.222. The molecule has 0 atom stereocenters. The lowest BCUT2D eigenvalue weighted by molar-refractivity contribution is -0.286. The molecule has 0 N–H and O–H groups in total. The first kappa shape index (κ1) is 27.0. The summed E-state index contributed by atoms with van der Waals surface area (Å²) < 4.78 is 70.9. The molecule has 216 valence electrons. The maximum atomic E-state index is 13.8. The molecule has 0 radical (unpaired) electrons. The number of benzene rings is 2. The summed E-state index contributed by atoms with van der Waals surface area (Å²) in [6.45, 7) is 5.91. The molecule has 42 heavy (non-hydrogen) atoms. The van der Waals surface area contributed by atoms with Crippen molar-refractivity contribution in [2.45, 2.75) is 24.7 Å². The zero-order valence-corrected chi connectivity index (χ0v) is 24.1. The Hall–Kier alpha value is -3.84. The van der Waals surface area contributed by atoms with E-state index in [1.54, 1.807) is 47.9 Å². The van der Waals surface area contributed by atoms with Crippen LogP contribution in [0.25, 0.3) is 32.6 Å². The van der Waals surface area contributed by atoms with Crippen LogP contribution in [0.3, 0.4) is 0 Å². The largest absolute Gasteiger partial charge is 0.586 e. The Balaban J connectivity index is 1.33. The highest BCUT2D eigenvalue weighted by Crippen LogP contribution is 2.44. The van der Waals surface area contributed by atoms with Gasteiger partial charge in [0.1, 0.15) is 0 Å². The van der Waals surface area contributed by atoms with Crippen molar-refractivity contribution < 1.29 is 31.4 Å². The summed E-state index contributed by atoms with van der Waals surface area (Å²) in [6.07, 6.45) is -0.626. The topological polar surface area (TPSA) is 82.9 Å². The van der Waals surface area contributed by atoms with E-state index in [0.717, 1.165) is 52.8 Å². The van der Waals surface area contributed by atoms with Crippen LogP contribution in [0.1, 0.15) is 10.4 Å². The molecule has 8 nitrogen and oxygen atoms in total. The number of pyridine rings is 1. The molecule has 5 heterocycles. The quantitative estimate of drug-likeness (QED) is 0.229. The Labute approximate surface area is 244 Å². The van der Waals surface area contributed by atoms with E-state index in [4.69, 9.17) is 4.74 Å². The van der Waals surface area contributed by atoms with Crippen LogP contribution in [-0.2, 0) is 21.3 Å². The summed E-state index contributed by atoms with van der Waals surface area (Å²) in [5.41, 5.74) is 2.95. The van der Waals surface area contributed by atoms with Crippen molar-refractivity contribution in [2.24, 2.45) is 0 Å². The maximum Gasteiger partial charge on any atom is 0.586 e. The van der Waals surface area contributed by atoms with Gasteiger partial charge in [0.05, 0.1) is 18.1 Å². The number of thiophene rings is 1. The van der Waals surface area contributed by atoms with E-state index in [2.05, 4.69) is 25.4 Å². The number of rotatable bonds is 6. The fraction of sp³-hybridized carbons (Fsp3) is 0.233. The second kappa shape index (κ2) is 10.2. The first-order valence-corrected chi connectivity index (χ1v) is 15.5. The lowest BCUT2D eigenvalue weighted by Crippen LogP contribution is -2.35. The third-order valence-corrected chi connectivity index (χ3v) is 10.1. The van der Waals surface area contributed by atoms with Crippen molar-refractivity contribution in [2.75, 3.05) is 26.3 Å². The average Bonchev–Trinajstić information content (AvgIpc) is 3.67. The van der Waals surface area contributed by atoms with Gasteiger partial charge in [0.25, 0.3) is 10.0 Å². The first-order chi connectivity index (χ1) is 20.2. The Morgan fingerprint density at radius 3 is 2.50 bits per heavy atom. The number of nitrogens with zero attached hydrogens (tertiary/aromatic N) is 3. The third-order valence-electron chi connectivity index (χ3n) is 7.33. The smallest absolute Gasteiger partial charge is 0.395 e. The van der Waals surface area contributed by atoms with Crippen molar-refractivity contribution >= 4 is 32.4 Å². The van der Waals surface area contributed by atoms with E-state index >= 15 is 0 Å². The minimum Gasteiger partial charge on any atom is -0.395 e. The molecular weight excluding hydrogens is 584 g/mol. The number of hydrogen-bond acceptors (Lipinski definition) is 8. The Bertz CT molecular complexity index is 1910. The van der Waals surface area contributed by atoms with Gasteiger partial charge in [0.2, 0.25) is 0 Å². The molecule has 3 aromatic heterocycles. The van der Waals surface area contributed by atoms with Crippen molar-refractivity contribution in [3.05, 3.63) is 83.5 Å². The van der Waals surface area contributed by atoms with Gasteiger partial charge < -0.3 is 14.2 Å². The first-order valence-electron chi connectivity index (χ1n) is 13.3. The highest BCUT2D eigenvalue weighted by molar-refractivity contribution is 7.90. The summed E-state index contributed by atoms with van der Waals surface area (Å²) >= 11 is 1.65. The molecule has 2 aliphatic heterocycles. The maximum absolute atomic E-state index is 13.8. The van der Waals surface area contributed by atoms with Crippen molar-refractivity contribution in [3.63, 3.8) is 0 Å². The van der Waals surface area contributed by atoms with Crippen LogP contribution >= 0.6 is 11.3 Å². The number of ether oxygens (including phenoxy) is 3. The van der Waals surface area contributed by atoms with E-state index in [-0.39, 0.29) is 22.0 Å². The van der Waals surface area contributed by atoms with Gasteiger partial charge in [-0.2, -0.15) is 0 Å². The van der Waals surface area contributed by atoms with Crippen LogP contribution < -0.4 is 9.47 Å². The summed E-state index contributed by atoms with van der Waals surface area (Å²) in [4.78, 5) is 9.26. The number of aromatic nitrogens is 2. The predicted octanol–water partition coefficient (Wildman–Crippen LogP) is 6.13. The molecule has 1 saturated heterocycles. The zero-order valence-electron chi connectivity index (χ0n) is 22.4. The number of halogens is 2. The molecule has 0 unspecified atom stereocenters. The molecule has 0 saturated carbocycles. The minimum atomic E-state index is -4.02. The van der Waals surface area contributed by atoms with Crippen molar-refractivity contribution in [1.29, 1.82) is 0 Å². The van der Waals surface area contributed by atoms with Crippen LogP contribution in [0, 0.1) is 6.92 Å². The zero-order chi connectivity index (χ0) is 29.1. The molecule has 2 aromatic carbocycles. The average molecular weight is 610 g/mol. The molecule has 0 amide bonds. The summed E-state index contributed by atoms with van der Waals surface area (Å²) in [6, 6.07) is 17.0. The molecule has 0 spiro atoms.